The molecule has 1 heterocycles. The average molecular weight is 247 g/mol. The Bertz CT molecular complexity index is 496. The maximum Gasteiger partial charge on any atom is 0.157 e. The number of rotatable bonds is 6. The van der Waals surface area contributed by atoms with Crippen LogP contribution in [0.1, 0.15) is 6.92 Å². The summed E-state index contributed by atoms with van der Waals surface area (Å²) in [7, 11) is 1.87. The zero-order valence-corrected chi connectivity index (χ0v) is 10.7. The quantitative estimate of drug-likeness (QED) is 0.731. The van der Waals surface area contributed by atoms with Gasteiger partial charge in [-0.1, -0.05) is 12.1 Å². The summed E-state index contributed by atoms with van der Waals surface area (Å²) in [5.41, 5.74) is 0.990. The molecule has 0 atom stereocenters. The Balaban J connectivity index is 2.04. The predicted octanol–water partition coefficient (Wildman–Crippen LogP) is 1.90. The molecule has 0 fully saturated rings. The van der Waals surface area contributed by atoms with Crippen LogP contribution in [-0.2, 0) is 11.8 Å². The van der Waals surface area contributed by atoms with Gasteiger partial charge in [0.2, 0.25) is 0 Å². The number of nitrogens with zero attached hydrogens (tertiary/aromatic N) is 3. The Hall–Kier alpha value is -1.88. The number of hydrogen-bond donors (Lipinski definition) is 0. The van der Waals surface area contributed by atoms with Gasteiger partial charge >= 0.3 is 0 Å². The molecule has 5 heteroatoms. The lowest BCUT2D eigenvalue weighted by Gasteiger charge is -2.07. The highest BCUT2D eigenvalue weighted by Crippen LogP contribution is 2.21. The molecule has 0 aliphatic rings. The molecule has 0 saturated heterocycles. The van der Waals surface area contributed by atoms with E-state index in [2.05, 4.69) is 10.1 Å². The van der Waals surface area contributed by atoms with E-state index in [1.54, 1.807) is 4.68 Å². The molecule has 96 valence electrons. The first-order valence-corrected chi connectivity index (χ1v) is 5.96. The molecule has 1 aromatic carbocycles. The molecule has 0 unspecified atom stereocenters. The molecular formula is C13H17N3O2. The maximum atomic E-state index is 5.60. The summed E-state index contributed by atoms with van der Waals surface area (Å²) < 4.78 is 12.6. The lowest BCUT2D eigenvalue weighted by Crippen LogP contribution is -2.06. The van der Waals surface area contributed by atoms with Crippen LogP contribution in [0.5, 0.6) is 5.75 Å². The molecule has 5 nitrogen and oxygen atoms in total. The molecule has 0 aliphatic carbocycles. The van der Waals surface area contributed by atoms with E-state index < -0.39 is 0 Å². The van der Waals surface area contributed by atoms with Crippen molar-refractivity contribution in [1.82, 2.24) is 14.8 Å². The lowest BCUT2D eigenvalue weighted by molar-refractivity contribution is 0.110. The smallest absolute Gasteiger partial charge is 0.157 e. The minimum absolute atomic E-state index is 0.552. The summed E-state index contributed by atoms with van der Waals surface area (Å²) in [6, 6.07) is 7.81. The fourth-order valence-corrected chi connectivity index (χ4v) is 1.65. The van der Waals surface area contributed by atoms with Gasteiger partial charge in [-0.2, -0.15) is 5.10 Å². The summed E-state index contributed by atoms with van der Waals surface area (Å²) >= 11 is 0. The van der Waals surface area contributed by atoms with Gasteiger partial charge in [0, 0.05) is 19.2 Å². The van der Waals surface area contributed by atoms with Crippen molar-refractivity contribution >= 4 is 0 Å². The van der Waals surface area contributed by atoms with Gasteiger partial charge in [-0.05, 0) is 19.1 Å². The molecule has 0 radical (unpaired) electrons. The molecule has 0 saturated carbocycles. The SMILES string of the molecule is CCOCCOc1cccc(-c2ncnn2C)c1. The van der Waals surface area contributed by atoms with Crippen molar-refractivity contribution in [2.75, 3.05) is 19.8 Å². The van der Waals surface area contributed by atoms with Crippen LogP contribution in [0.25, 0.3) is 11.4 Å². The van der Waals surface area contributed by atoms with E-state index in [9.17, 15) is 0 Å². The number of hydrogen-bond acceptors (Lipinski definition) is 4. The maximum absolute atomic E-state index is 5.60. The van der Waals surface area contributed by atoms with Crippen molar-refractivity contribution in [3.8, 4) is 17.1 Å². The molecular weight excluding hydrogens is 230 g/mol. The molecule has 2 aromatic rings. The highest BCUT2D eigenvalue weighted by molar-refractivity contribution is 5.57. The van der Waals surface area contributed by atoms with Gasteiger partial charge in [0.1, 0.15) is 18.7 Å². The van der Waals surface area contributed by atoms with Crippen molar-refractivity contribution in [2.24, 2.45) is 7.05 Å². The Morgan fingerprint density at radius 3 is 2.89 bits per heavy atom. The summed E-state index contributed by atoms with van der Waals surface area (Å²) in [5.74, 6) is 1.64. The molecule has 1 aromatic heterocycles. The van der Waals surface area contributed by atoms with Gasteiger partial charge in [0.15, 0.2) is 5.82 Å². The molecule has 18 heavy (non-hydrogen) atoms. The van der Waals surface area contributed by atoms with Crippen molar-refractivity contribution in [2.45, 2.75) is 6.92 Å². The van der Waals surface area contributed by atoms with Crippen LogP contribution in [-0.4, -0.2) is 34.6 Å². The van der Waals surface area contributed by atoms with Crippen LogP contribution < -0.4 is 4.74 Å². The van der Waals surface area contributed by atoms with E-state index in [0.717, 1.165) is 17.1 Å². The van der Waals surface area contributed by atoms with Gasteiger partial charge in [-0.25, -0.2) is 9.67 Å². The third-order valence-electron chi connectivity index (χ3n) is 2.50. The number of ether oxygens (including phenoxy) is 2. The number of benzene rings is 1. The van der Waals surface area contributed by atoms with E-state index in [1.165, 1.54) is 6.33 Å². The Morgan fingerprint density at radius 2 is 2.17 bits per heavy atom. The van der Waals surface area contributed by atoms with Gasteiger partial charge in [-0.15, -0.1) is 0 Å². The highest BCUT2D eigenvalue weighted by Gasteiger charge is 2.05. The third kappa shape index (κ3) is 3.07. The number of aromatic nitrogens is 3. The standard InChI is InChI=1S/C13H17N3O2/c1-3-17-7-8-18-12-6-4-5-11(9-12)13-14-10-15-16(13)2/h4-6,9-10H,3,7-8H2,1-2H3. The third-order valence-corrected chi connectivity index (χ3v) is 2.50. The second-order valence-corrected chi connectivity index (χ2v) is 3.78. The predicted molar refractivity (Wildman–Crippen MR) is 68.4 cm³/mol. The lowest BCUT2D eigenvalue weighted by atomic mass is 10.2. The zero-order valence-electron chi connectivity index (χ0n) is 10.7. The van der Waals surface area contributed by atoms with Crippen molar-refractivity contribution in [3.63, 3.8) is 0 Å². The summed E-state index contributed by atoms with van der Waals surface area (Å²) in [6.07, 6.45) is 1.54. The van der Waals surface area contributed by atoms with E-state index in [4.69, 9.17) is 9.47 Å². The van der Waals surface area contributed by atoms with Gasteiger partial charge < -0.3 is 9.47 Å². The van der Waals surface area contributed by atoms with Crippen LogP contribution in [0.2, 0.25) is 0 Å². The van der Waals surface area contributed by atoms with Crippen molar-refractivity contribution < 1.29 is 9.47 Å². The Labute approximate surface area is 106 Å². The monoisotopic (exact) mass is 247 g/mol. The first-order valence-electron chi connectivity index (χ1n) is 5.96. The second kappa shape index (κ2) is 6.16. The largest absolute Gasteiger partial charge is 0.491 e. The minimum Gasteiger partial charge on any atom is -0.491 e. The van der Waals surface area contributed by atoms with Gasteiger partial charge in [0.25, 0.3) is 0 Å². The topological polar surface area (TPSA) is 49.2 Å². The highest BCUT2D eigenvalue weighted by atomic mass is 16.5. The van der Waals surface area contributed by atoms with Crippen LogP contribution in [0, 0.1) is 0 Å². The first kappa shape index (κ1) is 12.6. The molecule has 2 rings (SSSR count). The molecule has 0 amide bonds. The summed E-state index contributed by atoms with van der Waals surface area (Å²) in [6.45, 7) is 3.83. The van der Waals surface area contributed by atoms with E-state index in [0.29, 0.717) is 19.8 Å². The van der Waals surface area contributed by atoms with E-state index in [-0.39, 0.29) is 0 Å². The fraction of sp³-hybridized carbons (Fsp3) is 0.385. The molecule has 0 bridgehead atoms. The van der Waals surface area contributed by atoms with E-state index in [1.807, 2.05) is 38.2 Å². The van der Waals surface area contributed by atoms with Crippen LogP contribution in [0.3, 0.4) is 0 Å². The van der Waals surface area contributed by atoms with Crippen LogP contribution in [0.4, 0.5) is 0 Å². The molecule has 0 N–H and O–H groups in total. The number of aryl methyl sites for hydroxylation is 1. The summed E-state index contributed by atoms with van der Waals surface area (Å²) in [4.78, 5) is 4.21. The van der Waals surface area contributed by atoms with Crippen molar-refractivity contribution in [3.05, 3.63) is 30.6 Å². The van der Waals surface area contributed by atoms with Gasteiger partial charge in [-0.3, -0.25) is 0 Å². The van der Waals surface area contributed by atoms with Crippen LogP contribution in [0.15, 0.2) is 30.6 Å². The van der Waals surface area contributed by atoms with Crippen molar-refractivity contribution in [1.29, 1.82) is 0 Å². The molecule has 0 aliphatic heterocycles. The molecule has 0 spiro atoms. The Kier molecular flexibility index (Phi) is 4.30. The first-order chi connectivity index (χ1) is 8.81. The average Bonchev–Trinajstić information content (AvgIpc) is 2.81. The second-order valence-electron chi connectivity index (χ2n) is 3.78. The van der Waals surface area contributed by atoms with E-state index >= 15 is 0 Å². The fourth-order valence-electron chi connectivity index (χ4n) is 1.65. The zero-order chi connectivity index (χ0) is 12.8. The minimum atomic E-state index is 0.552. The van der Waals surface area contributed by atoms with Gasteiger partial charge in [0.05, 0.1) is 6.61 Å². The summed E-state index contributed by atoms with van der Waals surface area (Å²) in [5, 5.41) is 4.05. The van der Waals surface area contributed by atoms with Crippen LogP contribution >= 0.6 is 0 Å². The Morgan fingerprint density at radius 1 is 1.28 bits per heavy atom. The normalized spacial score (nSPS) is 10.6.